The van der Waals surface area contributed by atoms with E-state index in [0.717, 1.165) is 5.56 Å². The van der Waals surface area contributed by atoms with Gasteiger partial charge < -0.3 is 0 Å². The summed E-state index contributed by atoms with van der Waals surface area (Å²) in [5.74, 6) is -0.228. The Kier molecular flexibility index (Phi) is 8.06. The van der Waals surface area contributed by atoms with Crippen molar-refractivity contribution >= 4 is 26.6 Å². The van der Waals surface area contributed by atoms with Crippen molar-refractivity contribution in [3.8, 4) is 11.1 Å². The molecule has 10 heteroatoms. The summed E-state index contributed by atoms with van der Waals surface area (Å²) in [4.78, 5) is 13.1. The highest BCUT2D eigenvalue weighted by molar-refractivity contribution is 7.89. The number of halogens is 3. The minimum atomic E-state index is -4.70. The van der Waals surface area contributed by atoms with E-state index in [-0.39, 0.29) is 23.5 Å². The van der Waals surface area contributed by atoms with E-state index in [1.807, 2.05) is 0 Å². The summed E-state index contributed by atoms with van der Waals surface area (Å²) in [6, 6.07) is 19.7. The van der Waals surface area contributed by atoms with Crippen LogP contribution in [0.25, 0.3) is 11.1 Å². The first-order valence-electron chi connectivity index (χ1n) is 10.1. The highest BCUT2D eigenvalue weighted by Gasteiger charge is 2.30. The maximum Gasteiger partial charge on any atom is 0.402 e. The number of benzene rings is 3. The fourth-order valence-electron chi connectivity index (χ4n) is 3.38. The number of carbonyl (C=O) groups excluding carboxylic acids is 1. The highest BCUT2D eigenvalue weighted by Crippen LogP contribution is 2.27. The van der Waals surface area contributed by atoms with Crippen molar-refractivity contribution in [1.82, 2.24) is 4.72 Å². The van der Waals surface area contributed by atoms with Gasteiger partial charge in [-0.2, -0.15) is 13.2 Å². The predicted octanol–water partition coefficient (Wildman–Crippen LogP) is 4.29. The molecular weight excluding hydrogens is 487 g/mol. The van der Waals surface area contributed by atoms with E-state index in [4.69, 9.17) is 0 Å². The number of alkyl halides is 3. The van der Waals surface area contributed by atoms with Crippen LogP contribution >= 0.6 is 0 Å². The second-order valence-electron chi connectivity index (χ2n) is 7.62. The normalized spacial score (nSPS) is 12.9. The number of nitrogens with one attached hydrogen (secondary N) is 1. The van der Waals surface area contributed by atoms with Crippen LogP contribution in [0.15, 0.2) is 82.6 Å². The average molecular weight is 510 g/mol. The van der Waals surface area contributed by atoms with Crippen LogP contribution in [0.5, 0.6) is 0 Å². The van der Waals surface area contributed by atoms with E-state index in [9.17, 15) is 30.6 Å². The zero-order valence-corrected chi connectivity index (χ0v) is 19.8. The molecule has 1 atom stereocenters. The lowest BCUT2D eigenvalue weighted by Gasteiger charge is -2.14. The van der Waals surface area contributed by atoms with Crippen LogP contribution in [0.2, 0.25) is 0 Å². The molecule has 0 saturated carbocycles. The van der Waals surface area contributed by atoms with E-state index >= 15 is 0 Å². The summed E-state index contributed by atoms with van der Waals surface area (Å²) < 4.78 is 75.7. The summed E-state index contributed by atoms with van der Waals surface area (Å²) in [5, 5.41) is 0. The number of Topliss-reactive ketones (excluding diaryl/α,β-unsaturated/α-hetero) is 1. The maximum absolute atomic E-state index is 12.9. The minimum Gasteiger partial charge on any atom is -0.299 e. The van der Waals surface area contributed by atoms with Gasteiger partial charge in [-0.3, -0.25) is 9.00 Å². The smallest absolute Gasteiger partial charge is 0.299 e. The zero-order valence-electron chi connectivity index (χ0n) is 18.1. The van der Waals surface area contributed by atoms with Gasteiger partial charge in [-0.25, -0.2) is 13.1 Å². The van der Waals surface area contributed by atoms with Crippen LogP contribution in [-0.2, 0) is 38.5 Å². The van der Waals surface area contributed by atoms with E-state index < -0.39 is 33.5 Å². The molecule has 0 aliphatic heterocycles. The molecule has 5 nitrogen and oxygen atoms in total. The number of hydrogen-bond acceptors (Lipinski definition) is 4. The number of ketones is 1. The van der Waals surface area contributed by atoms with Crippen LogP contribution in [-0.4, -0.2) is 37.4 Å². The molecule has 0 aromatic heterocycles. The van der Waals surface area contributed by atoms with Gasteiger partial charge in [0.15, 0.2) is 0 Å². The quantitative estimate of drug-likeness (QED) is 0.467. The third-order valence-electron chi connectivity index (χ3n) is 4.95. The Morgan fingerprint density at radius 2 is 1.65 bits per heavy atom. The van der Waals surface area contributed by atoms with Gasteiger partial charge in [0.2, 0.25) is 10.0 Å². The first-order valence-corrected chi connectivity index (χ1v) is 13.2. The molecule has 0 aliphatic rings. The fraction of sp³-hybridized carbons (Fsp3) is 0.208. The zero-order chi connectivity index (χ0) is 24.9. The second-order valence-corrected chi connectivity index (χ2v) is 10.8. The molecule has 0 spiro atoms. The van der Waals surface area contributed by atoms with E-state index in [1.165, 1.54) is 24.5 Å². The minimum absolute atomic E-state index is 0.0303. The molecule has 0 aliphatic carbocycles. The lowest BCUT2D eigenvalue weighted by Crippen LogP contribution is -2.33. The van der Waals surface area contributed by atoms with Gasteiger partial charge >= 0.3 is 6.18 Å². The van der Waals surface area contributed by atoms with Crippen LogP contribution < -0.4 is 4.72 Å². The van der Waals surface area contributed by atoms with E-state index in [1.54, 1.807) is 59.3 Å². The summed E-state index contributed by atoms with van der Waals surface area (Å²) in [5.41, 5.74) is 2.38. The topological polar surface area (TPSA) is 80.3 Å². The van der Waals surface area contributed by atoms with Crippen molar-refractivity contribution in [1.29, 1.82) is 0 Å². The molecular formula is C24H22F3NO4S2. The molecule has 0 radical (unpaired) electrons. The first-order chi connectivity index (χ1) is 15.9. The van der Waals surface area contributed by atoms with Crippen LogP contribution in [0.1, 0.15) is 11.1 Å². The van der Waals surface area contributed by atoms with E-state index in [0.29, 0.717) is 21.6 Å². The van der Waals surface area contributed by atoms with E-state index in [2.05, 4.69) is 0 Å². The molecule has 0 heterocycles. The predicted molar refractivity (Wildman–Crippen MR) is 124 cm³/mol. The summed E-state index contributed by atoms with van der Waals surface area (Å²) in [7, 11) is -5.65. The van der Waals surface area contributed by atoms with Gasteiger partial charge in [0, 0.05) is 34.8 Å². The van der Waals surface area contributed by atoms with Crippen LogP contribution in [0.4, 0.5) is 13.2 Å². The van der Waals surface area contributed by atoms with Crippen molar-refractivity contribution in [2.45, 2.75) is 28.8 Å². The molecule has 3 aromatic carbocycles. The van der Waals surface area contributed by atoms with Gasteiger partial charge in [-0.1, -0.05) is 48.5 Å². The second kappa shape index (κ2) is 10.6. The molecule has 180 valence electrons. The van der Waals surface area contributed by atoms with Crippen LogP contribution in [0, 0.1) is 0 Å². The molecule has 0 amide bonds. The summed E-state index contributed by atoms with van der Waals surface area (Å²) >= 11 is 0. The molecule has 3 aromatic rings. The molecule has 34 heavy (non-hydrogen) atoms. The Morgan fingerprint density at radius 1 is 0.941 bits per heavy atom. The molecule has 1 unspecified atom stereocenters. The largest absolute Gasteiger partial charge is 0.402 e. The Balaban J connectivity index is 1.93. The number of sulfonamides is 1. The van der Waals surface area contributed by atoms with Gasteiger partial charge in [-0.05, 0) is 46.5 Å². The number of rotatable bonds is 9. The third-order valence-corrected chi connectivity index (χ3v) is 7.27. The monoisotopic (exact) mass is 509 g/mol. The highest BCUT2D eigenvalue weighted by atomic mass is 32.2. The van der Waals surface area contributed by atoms with Crippen LogP contribution in [0.3, 0.4) is 0 Å². The van der Waals surface area contributed by atoms with Gasteiger partial charge in [0.05, 0.1) is 4.90 Å². The van der Waals surface area contributed by atoms with Crippen molar-refractivity contribution in [3.05, 3.63) is 83.9 Å². The third kappa shape index (κ3) is 7.09. The van der Waals surface area contributed by atoms with Crippen molar-refractivity contribution < 1.29 is 30.6 Å². The fourth-order valence-corrected chi connectivity index (χ4v) is 5.03. The standard InChI is InChI=1S/C24H22F3NO4S2/c1-33(30)21-9-5-6-17(13-21)12-20(29)14-19-15-22(34(31,32)28-16-24(25,26)27)10-11-23(19)18-7-3-2-4-8-18/h2-11,13,15,28H,12,14,16H2,1H3. The molecule has 1 N–H and O–H groups in total. The SMILES string of the molecule is CS(=O)c1cccc(CC(=O)Cc2cc(S(=O)(=O)NCC(F)(F)F)ccc2-c2ccccc2)c1. The lowest BCUT2D eigenvalue weighted by atomic mass is 9.94. The van der Waals surface area contributed by atoms with Crippen molar-refractivity contribution in [2.75, 3.05) is 12.8 Å². The molecule has 0 saturated heterocycles. The van der Waals surface area contributed by atoms with Gasteiger partial charge in [0.25, 0.3) is 0 Å². The van der Waals surface area contributed by atoms with Crippen molar-refractivity contribution in [2.24, 2.45) is 0 Å². The Morgan fingerprint density at radius 3 is 2.29 bits per heavy atom. The molecule has 3 rings (SSSR count). The first kappa shape index (κ1) is 25.8. The van der Waals surface area contributed by atoms with Crippen molar-refractivity contribution in [3.63, 3.8) is 0 Å². The summed E-state index contributed by atoms with van der Waals surface area (Å²) in [6.45, 7) is -1.70. The lowest BCUT2D eigenvalue weighted by molar-refractivity contribution is -0.121. The molecule has 0 bridgehead atoms. The van der Waals surface area contributed by atoms with Gasteiger partial charge in [0.1, 0.15) is 12.3 Å². The number of carbonyl (C=O) groups is 1. The average Bonchev–Trinajstić information content (AvgIpc) is 2.78. The van der Waals surface area contributed by atoms with Gasteiger partial charge in [-0.15, -0.1) is 0 Å². The molecule has 0 fully saturated rings. The Bertz CT molecular complexity index is 1310. The Hall–Kier alpha value is -2.82. The number of hydrogen-bond donors (Lipinski definition) is 1. The maximum atomic E-state index is 12.9. The Labute approximate surface area is 198 Å². The summed E-state index contributed by atoms with van der Waals surface area (Å²) in [6.07, 6.45) is -3.27.